The normalized spacial score (nSPS) is 17.2. The van der Waals surface area contributed by atoms with Crippen LogP contribution in [0, 0.1) is 6.92 Å². The summed E-state index contributed by atoms with van der Waals surface area (Å²) in [5.74, 6) is -0.279. The Morgan fingerprint density at radius 1 is 0.932 bits per heavy atom. The van der Waals surface area contributed by atoms with Crippen LogP contribution >= 0.6 is 0 Å². The zero-order valence-corrected chi connectivity index (χ0v) is 24.6. The summed E-state index contributed by atoms with van der Waals surface area (Å²) >= 11 is 0. The number of aromatic nitrogens is 1. The van der Waals surface area contributed by atoms with Gasteiger partial charge in [-0.25, -0.2) is 0 Å². The number of aliphatic hydroxyl groups is 1. The number of hydrogen-bond acceptors (Lipinski definition) is 6. The number of carbonyl (C=O) groups is 1. The Morgan fingerprint density at radius 3 is 2.14 bits per heavy atom. The molecule has 1 fully saturated rings. The summed E-state index contributed by atoms with van der Waals surface area (Å²) in [5.41, 5.74) is -2.41. The van der Waals surface area contributed by atoms with E-state index in [2.05, 4.69) is 14.8 Å². The first kappa shape index (κ1) is 33.4. The molecule has 1 saturated heterocycles. The molecule has 0 radical (unpaired) electrons. The highest BCUT2D eigenvalue weighted by Crippen LogP contribution is 2.50. The quantitative estimate of drug-likeness (QED) is 0.220. The van der Waals surface area contributed by atoms with Gasteiger partial charge in [-0.3, -0.25) is 19.6 Å². The third kappa shape index (κ3) is 7.59. The van der Waals surface area contributed by atoms with Gasteiger partial charge in [-0.15, -0.1) is 0 Å². The van der Waals surface area contributed by atoms with Gasteiger partial charge in [0.15, 0.2) is 0 Å². The molecule has 0 aliphatic carbocycles. The molecule has 238 valence electrons. The van der Waals surface area contributed by atoms with Crippen LogP contribution in [-0.4, -0.2) is 70.0 Å². The van der Waals surface area contributed by atoms with Crippen LogP contribution < -0.4 is 0 Å². The van der Waals surface area contributed by atoms with Crippen LogP contribution in [0.25, 0.3) is 11.1 Å². The fourth-order valence-corrected chi connectivity index (χ4v) is 5.51. The van der Waals surface area contributed by atoms with E-state index in [4.69, 9.17) is 4.74 Å². The smallest absolute Gasteiger partial charge is 0.430 e. The summed E-state index contributed by atoms with van der Waals surface area (Å²) in [5, 5.41) is 9.68. The van der Waals surface area contributed by atoms with Gasteiger partial charge in [0, 0.05) is 56.7 Å². The lowest BCUT2D eigenvalue weighted by molar-refractivity contribution is -0.376. The van der Waals surface area contributed by atoms with Crippen LogP contribution in [0.5, 0.6) is 0 Å². The molecule has 1 atom stereocenters. The topological polar surface area (TPSA) is 65.9 Å². The summed E-state index contributed by atoms with van der Waals surface area (Å²) < 4.78 is 85.1. The highest BCUT2D eigenvalue weighted by molar-refractivity contribution is 5.70. The first-order chi connectivity index (χ1) is 20.6. The molecule has 1 unspecified atom stereocenters. The second-order valence-electron chi connectivity index (χ2n) is 11.4. The van der Waals surface area contributed by atoms with Gasteiger partial charge in [0.2, 0.25) is 0 Å². The van der Waals surface area contributed by atoms with Crippen LogP contribution in [0.2, 0.25) is 0 Å². The van der Waals surface area contributed by atoms with E-state index in [0.29, 0.717) is 42.9 Å². The van der Waals surface area contributed by atoms with Crippen LogP contribution in [0.15, 0.2) is 67.0 Å². The number of ether oxygens (including phenoxy) is 1. The van der Waals surface area contributed by atoms with E-state index in [1.165, 1.54) is 0 Å². The zero-order valence-electron chi connectivity index (χ0n) is 24.6. The van der Waals surface area contributed by atoms with Crippen LogP contribution in [-0.2, 0) is 28.2 Å². The minimum absolute atomic E-state index is 0.106. The number of pyridine rings is 1. The predicted octanol–water partition coefficient (Wildman–Crippen LogP) is 6.40. The zero-order chi connectivity index (χ0) is 32.3. The molecule has 0 saturated carbocycles. The Hall–Kier alpha value is -3.48. The molecule has 6 nitrogen and oxygen atoms in total. The number of benzene rings is 2. The Balaban J connectivity index is 1.51. The van der Waals surface area contributed by atoms with Gasteiger partial charge in [0.25, 0.3) is 5.60 Å². The molecule has 12 heteroatoms. The average Bonchev–Trinajstić information content (AvgIpc) is 2.93. The lowest BCUT2D eigenvalue weighted by atomic mass is 9.90. The van der Waals surface area contributed by atoms with Crippen molar-refractivity contribution in [1.82, 2.24) is 14.8 Å². The number of aryl methyl sites for hydroxylation is 1. The molecule has 4 rings (SSSR count). The maximum atomic E-state index is 13.3. The number of rotatable bonds is 9. The van der Waals surface area contributed by atoms with Gasteiger partial charge in [-0.2, -0.15) is 26.3 Å². The standard InChI is InChI=1S/C32H35F6N3O3/c1-21(2)44-29(42)17-27-20-40(18-23-10-12-39-13-11-23)14-15-41(27)19-24-4-9-28(22(3)16-24)25-5-7-26(8-6-25)30(43,31(33,34)35)32(36,37)38/h4-13,16,21,27,43H,14-15,17-20H2,1-3H3. The van der Waals surface area contributed by atoms with Gasteiger partial charge in [0.05, 0.1) is 12.5 Å². The van der Waals surface area contributed by atoms with Gasteiger partial charge >= 0.3 is 18.3 Å². The molecule has 0 amide bonds. The Bertz CT molecular complexity index is 1400. The molecule has 2 heterocycles. The van der Waals surface area contributed by atoms with Crippen molar-refractivity contribution in [2.24, 2.45) is 0 Å². The van der Waals surface area contributed by atoms with E-state index in [-0.39, 0.29) is 24.5 Å². The second-order valence-corrected chi connectivity index (χ2v) is 11.4. The number of piperazine rings is 1. The maximum absolute atomic E-state index is 13.3. The molecule has 0 spiro atoms. The fraction of sp³-hybridized carbons (Fsp3) is 0.438. The molecule has 1 aromatic heterocycles. The van der Waals surface area contributed by atoms with E-state index in [1.54, 1.807) is 39.2 Å². The number of alkyl halides is 6. The third-order valence-electron chi connectivity index (χ3n) is 7.72. The second kappa shape index (κ2) is 13.3. The van der Waals surface area contributed by atoms with Crippen LogP contribution in [0.3, 0.4) is 0 Å². The predicted molar refractivity (Wildman–Crippen MR) is 152 cm³/mol. The number of esters is 1. The summed E-state index contributed by atoms with van der Waals surface area (Å²) in [4.78, 5) is 21.2. The SMILES string of the molecule is Cc1cc(CN2CCN(Cc3ccncc3)CC2CC(=O)OC(C)C)ccc1-c1ccc(C(O)(C(F)(F)F)C(F)(F)F)cc1. The molecular formula is C32H35F6N3O3. The minimum Gasteiger partial charge on any atom is -0.463 e. The molecule has 44 heavy (non-hydrogen) atoms. The van der Waals surface area contributed by atoms with Gasteiger partial charge < -0.3 is 9.84 Å². The fourth-order valence-electron chi connectivity index (χ4n) is 5.51. The molecule has 0 bridgehead atoms. The number of halogens is 6. The number of nitrogens with zero attached hydrogens (tertiary/aromatic N) is 3. The Kier molecular flexibility index (Phi) is 10.1. The highest BCUT2D eigenvalue weighted by atomic mass is 19.4. The molecule has 2 aromatic carbocycles. The van der Waals surface area contributed by atoms with E-state index < -0.39 is 23.5 Å². The van der Waals surface area contributed by atoms with E-state index in [0.717, 1.165) is 41.9 Å². The van der Waals surface area contributed by atoms with Crippen molar-refractivity contribution in [2.45, 2.75) is 70.4 Å². The Morgan fingerprint density at radius 2 is 1.57 bits per heavy atom. The van der Waals surface area contributed by atoms with E-state index in [1.807, 2.05) is 24.3 Å². The first-order valence-corrected chi connectivity index (χ1v) is 14.2. The van der Waals surface area contributed by atoms with Crippen LogP contribution in [0.1, 0.15) is 42.5 Å². The average molecular weight is 624 g/mol. The minimum atomic E-state index is -5.95. The summed E-state index contributed by atoms with van der Waals surface area (Å²) in [7, 11) is 0. The van der Waals surface area contributed by atoms with Gasteiger partial charge in [-0.05, 0) is 60.7 Å². The summed E-state index contributed by atoms with van der Waals surface area (Å²) in [6.45, 7) is 8.81. The maximum Gasteiger partial charge on any atom is 0.430 e. The lowest BCUT2D eigenvalue weighted by Gasteiger charge is -2.41. The third-order valence-corrected chi connectivity index (χ3v) is 7.72. The van der Waals surface area contributed by atoms with Crippen molar-refractivity contribution in [3.05, 3.63) is 89.2 Å². The molecule has 1 aliphatic heterocycles. The van der Waals surface area contributed by atoms with Crippen molar-refractivity contribution in [3.63, 3.8) is 0 Å². The monoisotopic (exact) mass is 623 g/mol. The van der Waals surface area contributed by atoms with E-state index in [9.17, 15) is 36.2 Å². The molecular weight excluding hydrogens is 588 g/mol. The van der Waals surface area contributed by atoms with Crippen molar-refractivity contribution >= 4 is 5.97 Å². The van der Waals surface area contributed by atoms with Crippen LogP contribution in [0.4, 0.5) is 26.3 Å². The summed E-state index contributed by atoms with van der Waals surface area (Å²) in [6.07, 6.45) is -8.41. The van der Waals surface area contributed by atoms with E-state index >= 15 is 0 Å². The largest absolute Gasteiger partial charge is 0.463 e. The van der Waals surface area contributed by atoms with Crippen molar-refractivity contribution in [1.29, 1.82) is 0 Å². The van der Waals surface area contributed by atoms with Gasteiger partial charge in [0.1, 0.15) is 0 Å². The lowest BCUT2D eigenvalue weighted by Crippen LogP contribution is -2.53. The van der Waals surface area contributed by atoms with Crippen molar-refractivity contribution < 1.29 is 41.0 Å². The number of carbonyl (C=O) groups excluding carboxylic acids is 1. The van der Waals surface area contributed by atoms with Crippen molar-refractivity contribution in [3.8, 4) is 11.1 Å². The molecule has 3 aromatic rings. The first-order valence-electron chi connectivity index (χ1n) is 14.2. The molecule has 1 aliphatic rings. The summed E-state index contributed by atoms with van der Waals surface area (Å²) in [6, 6.07) is 12.9. The highest BCUT2D eigenvalue weighted by Gasteiger charge is 2.71. The Labute approximate surface area is 252 Å². The van der Waals surface area contributed by atoms with Gasteiger partial charge in [-0.1, -0.05) is 42.5 Å². The number of hydrogen-bond donors (Lipinski definition) is 1. The van der Waals surface area contributed by atoms with Crippen molar-refractivity contribution in [2.75, 3.05) is 19.6 Å². The molecule has 1 N–H and O–H groups in total.